The van der Waals surface area contributed by atoms with Crippen LogP contribution in [-0.4, -0.2) is 37.3 Å². The summed E-state index contributed by atoms with van der Waals surface area (Å²) < 4.78 is 2.05. The Bertz CT molecular complexity index is 416. The predicted octanol–water partition coefficient (Wildman–Crippen LogP) is 2.43. The van der Waals surface area contributed by atoms with Gasteiger partial charge in [0, 0.05) is 6.54 Å². The van der Waals surface area contributed by atoms with Crippen LogP contribution in [0.5, 0.6) is 0 Å². The summed E-state index contributed by atoms with van der Waals surface area (Å²) in [6, 6.07) is 0. The van der Waals surface area contributed by atoms with E-state index in [4.69, 9.17) is 5.11 Å². The van der Waals surface area contributed by atoms with Gasteiger partial charge in [-0.15, -0.1) is 10.2 Å². The summed E-state index contributed by atoms with van der Waals surface area (Å²) in [5.41, 5.74) is 0. The molecular formula is C11H17N3O2S2. The van der Waals surface area contributed by atoms with Crippen LogP contribution in [0, 0.1) is 0 Å². The van der Waals surface area contributed by atoms with E-state index >= 15 is 0 Å². The van der Waals surface area contributed by atoms with Gasteiger partial charge in [0.15, 0.2) is 5.16 Å². The summed E-state index contributed by atoms with van der Waals surface area (Å²) in [7, 11) is 0. The molecule has 0 aliphatic carbocycles. The van der Waals surface area contributed by atoms with Crippen LogP contribution in [-0.2, 0) is 11.3 Å². The second-order valence-corrected chi connectivity index (χ2v) is 6.38. The topological polar surface area (TPSA) is 68.0 Å². The van der Waals surface area contributed by atoms with E-state index in [1.807, 2.05) is 18.7 Å². The molecule has 0 spiro atoms. The minimum atomic E-state index is -0.820. The smallest absolute Gasteiger partial charge is 0.313 e. The second kappa shape index (κ2) is 6.47. The molecule has 100 valence electrons. The maximum absolute atomic E-state index is 10.6. The molecule has 18 heavy (non-hydrogen) atoms. The molecule has 1 aliphatic rings. The SMILES string of the molecule is CCn1c(SCC(=O)O)nnc1C1CCCCS1. The van der Waals surface area contributed by atoms with Crippen molar-refractivity contribution in [2.45, 2.75) is 43.1 Å². The van der Waals surface area contributed by atoms with Crippen molar-refractivity contribution < 1.29 is 9.90 Å². The van der Waals surface area contributed by atoms with E-state index in [-0.39, 0.29) is 5.75 Å². The average Bonchev–Trinajstić information content (AvgIpc) is 2.80. The molecule has 2 heterocycles. The molecule has 0 amide bonds. The van der Waals surface area contributed by atoms with Crippen molar-refractivity contribution in [3.05, 3.63) is 5.82 Å². The Balaban J connectivity index is 2.12. The van der Waals surface area contributed by atoms with Crippen molar-refractivity contribution in [3.8, 4) is 0 Å². The molecule has 1 fully saturated rings. The van der Waals surface area contributed by atoms with Gasteiger partial charge in [-0.2, -0.15) is 11.8 Å². The van der Waals surface area contributed by atoms with Crippen LogP contribution >= 0.6 is 23.5 Å². The number of carboxylic acid groups (broad SMARTS) is 1. The highest BCUT2D eigenvalue weighted by Gasteiger charge is 2.23. The maximum Gasteiger partial charge on any atom is 0.313 e. The molecule has 1 unspecified atom stereocenters. The van der Waals surface area contributed by atoms with Crippen molar-refractivity contribution in [2.24, 2.45) is 0 Å². The van der Waals surface area contributed by atoms with Gasteiger partial charge in [0.2, 0.25) is 0 Å². The Morgan fingerprint density at radius 1 is 1.56 bits per heavy atom. The third-order valence-electron chi connectivity index (χ3n) is 2.85. The Labute approximate surface area is 115 Å². The largest absolute Gasteiger partial charge is 0.481 e. The molecule has 5 nitrogen and oxygen atoms in total. The van der Waals surface area contributed by atoms with Gasteiger partial charge < -0.3 is 9.67 Å². The average molecular weight is 287 g/mol. The fourth-order valence-corrected chi connectivity index (χ4v) is 4.05. The van der Waals surface area contributed by atoms with Gasteiger partial charge in [0.05, 0.1) is 11.0 Å². The summed E-state index contributed by atoms with van der Waals surface area (Å²) in [6.07, 6.45) is 3.67. The normalized spacial score (nSPS) is 19.9. The van der Waals surface area contributed by atoms with E-state index in [1.54, 1.807) is 0 Å². The van der Waals surface area contributed by atoms with Gasteiger partial charge in [-0.25, -0.2) is 0 Å². The van der Waals surface area contributed by atoms with Gasteiger partial charge in [-0.05, 0) is 25.5 Å². The zero-order valence-electron chi connectivity index (χ0n) is 10.3. The van der Waals surface area contributed by atoms with Crippen LogP contribution in [0.1, 0.15) is 37.3 Å². The number of aromatic nitrogens is 3. The highest BCUT2D eigenvalue weighted by atomic mass is 32.2. The van der Waals surface area contributed by atoms with Gasteiger partial charge in [0.1, 0.15) is 5.82 Å². The number of carboxylic acids is 1. The van der Waals surface area contributed by atoms with E-state index in [0.717, 1.165) is 23.9 Å². The number of carbonyl (C=O) groups is 1. The van der Waals surface area contributed by atoms with Crippen molar-refractivity contribution in [1.82, 2.24) is 14.8 Å². The predicted molar refractivity (Wildman–Crippen MR) is 73.1 cm³/mol. The van der Waals surface area contributed by atoms with Crippen LogP contribution in [0.3, 0.4) is 0 Å². The quantitative estimate of drug-likeness (QED) is 0.839. The summed E-state index contributed by atoms with van der Waals surface area (Å²) in [6.45, 7) is 2.84. The number of hydrogen-bond donors (Lipinski definition) is 1. The van der Waals surface area contributed by atoms with E-state index in [1.165, 1.54) is 30.4 Å². The Kier molecular flexibility index (Phi) is 4.94. The third-order valence-corrected chi connectivity index (χ3v) is 5.18. The van der Waals surface area contributed by atoms with Crippen LogP contribution < -0.4 is 0 Å². The zero-order chi connectivity index (χ0) is 13.0. The fourth-order valence-electron chi connectivity index (χ4n) is 2.01. The lowest BCUT2D eigenvalue weighted by Gasteiger charge is -2.21. The molecule has 1 aliphatic heterocycles. The minimum absolute atomic E-state index is 0.0376. The van der Waals surface area contributed by atoms with Gasteiger partial charge in [-0.3, -0.25) is 4.79 Å². The highest BCUT2D eigenvalue weighted by molar-refractivity contribution is 8.00. The first-order chi connectivity index (χ1) is 8.72. The number of thioether (sulfide) groups is 2. The number of rotatable bonds is 5. The van der Waals surface area contributed by atoms with E-state index in [9.17, 15) is 4.79 Å². The molecule has 0 saturated carbocycles. The number of hydrogen-bond acceptors (Lipinski definition) is 5. The summed E-state index contributed by atoms with van der Waals surface area (Å²) in [4.78, 5) is 10.6. The van der Waals surface area contributed by atoms with Crippen molar-refractivity contribution >= 4 is 29.5 Å². The lowest BCUT2D eigenvalue weighted by molar-refractivity contribution is -0.133. The van der Waals surface area contributed by atoms with Gasteiger partial charge in [0.25, 0.3) is 0 Å². The van der Waals surface area contributed by atoms with Crippen molar-refractivity contribution in [2.75, 3.05) is 11.5 Å². The Morgan fingerprint density at radius 2 is 2.39 bits per heavy atom. The zero-order valence-corrected chi connectivity index (χ0v) is 12.0. The maximum atomic E-state index is 10.6. The summed E-state index contributed by atoms with van der Waals surface area (Å²) in [5, 5.41) is 18.3. The van der Waals surface area contributed by atoms with Crippen molar-refractivity contribution in [3.63, 3.8) is 0 Å². The van der Waals surface area contributed by atoms with Gasteiger partial charge >= 0.3 is 5.97 Å². The molecular weight excluding hydrogens is 270 g/mol. The summed E-state index contributed by atoms with van der Waals surface area (Å²) in [5.74, 6) is 1.41. The fraction of sp³-hybridized carbons (Fsp3) is 0.727. The number of aliphatic carboxylic acids is 1. The first-order valence-corrected chi connectivity index (χ1v) is 8.15. The van der Waals surface area contributed by atoms with Crippen LogP contribution in [0.2, 0.25) is 0 Å². The second-order valence-electron chi connectivity index (χ2n) is 4.12. The minimum Gasteiger partial charge on any atom is -0.481 e. The lowest BCUT2D eigenvalue weighted by Crippen LogP contribution is -2.10. The molecule has 7 heteroatoms. The van der Waals surface area contributed by atoms with E-state index in [2.05, 4.69) is 14.8 Å². The molecule has 1 atom stereocenters. The lowest BCUT2D eigenvalue weighted by atomic mass is 10.2. The van der Waals surface area contributed by atoms with Crippen molar-refractivity contribution in [1.29, 1.82) is 0 Å². The standard InChI is InChI=1S/C11H17N3O2S2/c1-2-14-10(8-5-3-4-6-17-8)12-13-11(14)18-7-9(15)16/h8H,2-7H2,1H3,(H,15,16). The van der Waals surface area contributed by atoms with E-state index in [0.29, 0.717) is 5.25 Å². The molecule has 0 aromatic carbocycles. The first kappa shape index (κ1) is 13.7. The number of nitrogens with zero attached hydrogens (tertiary/aromatic N) is 3. The van der Waals surface area contributed by atoms with Gasteiger partial charge in [-0.1, -0.05) is 18.2 Å². The molecule has 2 rings (SSSR count). The summed E-state index contributed by atoms with van der Waals surface area (Å²) >= 11 is 3.18. The monoisotopic (exact) mass is 287 g/mol. The molecule has 1 saturated heterocycles. The Morgan fingerprint density at radius 3 is 3.00 bits per heavy atom. The molecule has 1 aromatic heterocycles. The molecule has 1 aromatic rings. The first-order valence-electron chi connectivity index (χ1n) is 6.11. The van der Waals surface area contributed by atoms with Crippen LogP contribution in [0.25, 0.3) is 0 Å². The molecule has 0 radical (unpaired) electrons. The molecule has 0 bridgehead atoms. The highest BCUT2D eigenvalue weighted by Crippen LogP contribution is 2.38. The third kappa shape index (κ3) is 3.20. The van der Waals surface area contributed by atoms with Crippen LogP contribution in [0.4, 0.5) is 0 Å². The van der Waals surface area contributed by atoms with E-state index < -0.39 is 5.97 Å². The Hall–Kier alpha value is -0.690. The molecule has 1 N–H and O–H groups in total. The van der Waals surface area contributed by atoms with Crippen LogP contribution in [0.15, 0.2) is 5.16 Å².